The normalized spacial score (nSPS) is 10.6. The highest BCUT2D eigenvalue weighted by molar-refractivity contribution is 7.99. The number of carbonyl (C=O) groups is 1. The summed E-state index contributed by atoms with van der Waals surface area (Å²) in [5, 5.41) is 2.87. The molecule has 0 unspecified atom stereocenters. The van der Waals surface area contributed by atoms with E-state index in [4.69, 9.17) is 4.74 Å². The molecule has 25 heavy (non-hydrogen) atoms. The van der Waals surface area contributed by atoms with Gasteiger partial charge in [-0.25, -0.2) is 9.97 Å². The Bertz CT molecular complexity index is 899. The van der Waals surface area contributed by atoms with E-state index in [1.54, 1.807) is 13.2 Å². The minimum atomic E-state index is -0.0512. The molecule has 1 amide bonds. The van der Waals surface area contributed by atoms with E-state index in [1.807, 2.05) is 49.4 Å². The fourth-order valence-electron chi connectivity index (χ4n) is 2.40. The quantitative estimate of drug-likeness (QED) is 0.730. The zero-order chi connectivity index (χ0) is 17.6. The maximum atomic E-state index is 12.1. The Morgan fingerprint density at radius 1 is 1.12 bits per heavy atom. The van der Waals surface area contributed by atoms with Gasteiger partial charge in [-0.15, -0.1) is 11.8 Å². The lowest BCUT2D eigenvalue weighted by atomic mass is 10.2. The second kappa shape index (κ2) is 7.98. The van der Waals surface area contributed by atoms with Gasteiger partial charge >= 0.3 is 0 Å². The van der Waals surface area contributed by atoms with E-state index in [-0.39, 0.29) is 5.91 Å². The average molecular weight is 353 g/mol. The number of hydrogen-bond acceptors (Lipinski definition) is 5. The number of anilines is 1. The number of benzene rings is 2. The summed E-state index contributed by atoms with van der Waals surface area (Å²) in [6.45, 7) is 1.95. The first-order valence-electron chi connectivity index (χ1n) is 7.89. The lowest BCUT2D eigenvalue weighted by Crippen LogP contribution is -2.14. The van der Waals surface area contributed by atoms with Gasteiger partial charge in [-0.05, 0) is 31.2 Å². The highest BCUT2D eigenvalue weighted by Crippen LogP contribution is 2.19. The Kier molecular flexibility index (Phi) is 5.50. The van der Waals surface area contributed by atoms with Crippen LogP contribution in [0.2, 0.25) is 0 Å². The molecule has 2 aromatic carbocycles. The monoisotopic (exact) mass is 353 g/mol. The van der Waals surface area contributed by atoms with Crippen molar-refractivity contribution in [3.8, 4) is 5.75 Å². The molecule has 1 N–H and O–H groups in total. The summed E-state index contributed by atoms with van der Waals surface area (Å²) in [6.07, 6.45) is 0. The summed E-state index contributed by atoms with van der Waals surface area (Å²) in [5.41, 5.74) is 4.32. The van der Waals surface area contributed by atoms with Crippen LogP contribution in [-0.4, -0.2) is 28.7 Å². The van der Waals surface area contributed by atoms with E-state index < -0.39 is 0 Å². The minimum Gasteiger partial charge on any atom is -0.497 e. The first-order valence-corrected chi connectivity index (χ1v) is 9.05. The summed E-state index contributed by atoms with van der Waals surface area (Å²) >= 11 is 1.52. The Balaban J connectivity index is 1.57. The molecule has 0 spiro atoms. The number of amides is 1. The average Bonchev–Trinajstić information content (AvgIpc) is 2.62. The summed E-state index contributed by atoms with van der Waals surface area (Å²) < 4.78 is 5.15. The zero-order valence-corrected chi connectivity index (χ0v) is 15.0. The van der Waals surface area contributed by atoms with Crippen LogP contribution in [0.3, 0.4) is 0 Å². The van der Waals surface area contributed by atoms with Gasteiger partial charge in [-0.2, -0.15) is 0 Å². The summed E-state index contributed by atoms with van der Waals surface area (Å²) in [4.78, 5) is 21.3. The maximum Gasteiger partial charge on any atom is 0.234 e. The second-order valence-corrected chi connectivity index (χ2v) is 6.50. The molecule has 1 heterocycles. The molecule has 0 saturated carbocycles. The van der Waals surface area contributed by atoms with E-state index in [0.29, 0.717) is 17.3 Å². The number of thioether (sulfide) groups is 1. The van der Waals surface area contributed by atoms with E-state index in [0.717, 1.165) is 28.1 Å². The third kappa shape index (κ3) is 4.48. The Morgan fingerprint density at radius 2 is 1.88 bits per heavy atom. The molecular weight excluding hydrogens is 334 g/mol. The van der Waals surface area contributed by atoms with Crippen molar-refractivity contribution >= 4 is 34.4 Å². The van der Waals surface area contributed by atoms with Crippen molar-refractivity contribution in [1.82, 2.24) is 9.97 Å². The molecule has 3 aromatic rings. The predicted molar refractivity (Wildman–Crippen MR) is 102 cm³/mol. The molecule has 6 heteroatoms. The van der Waals surface area contributed by atoms with Gasteiger partial charge in [0, 0.05) is 17.5 Å². The standard InChI is InChI=1S/C19H19N3O2S/c1-13-18(22-17-9-4-3-8-16(17)20-13)11-25-12-19(23)21-14-6-5-7-15(10-14)24-2/h3-10H,11-12H2,1-2H3,(H,21,23). The molecule has 3 rings (SSSR count). The number of fused-ring (bicyclic) bond motifs is 1. The first kappa shape index (κ1) is 17.2. The Morgan fingerprint density at radius 3 is 2.64 bits per heavy atom. The molecule has 0 atom stereocenters. The van der Waals surface area contributed by atoms with Crippen molar-refractivity contribution < 1.29 is 9.53 Å². The van der Waals surface area contributed by atoms with Crippen LogP contribution in [0.15, 0.2) is 48.5 Å². The molecule has 0 radical (unpaired) electrons. The predicted octanol–water partition coefficient (Wildman–Crippen LogP) is 3.82. The number of rotatable bonds is 6. The van der Waals surface area contributed by atoms with Crippen LogP contribution in [0.25, 0.3) is 11.0 Å². The number of carbonyl (C=O) groups excluding carboxylic acids is 1. The fraction of sp³-hybridized carbons (Fsp3) is 0.211. The smallest absolute Gasteiger partial charge is 0.234 e. The number of nitrogens with one attached hydrogen (secondary N) is 1. The maximum absolute atomic E-state index is 12.1. The fourth-order valence-corrected chi connectivity index (χ4v) is 3.23. The van der Waals surface area contributed by atoms with E-state index in [2.05, 4.69) is 15.3 Å². The van der Waals surface area contributed by atoms with E-state index >= 15 is 0 Å². The number of nitrogens with zero attached hydrogens (tertiary/aromatic N) is 2. The van der Waals surface area contributed by atoms with Crippen LogP contribution >= 0.6 is 11.8 Å². The Labute approximate surface area is 150 Å². The van der Waals surface area contributed by atoms with Crippen LogP contribution in [0.5, 0.6) is 5.75 Å². The SMILES string of the molecule is COc1cccc(NC(=O)CSCc2nc3ccccc3nc2C)c1. The molecule has 1 aromatic heterocycles. The van der Waals surface area contributed by atoms with Crippen LogP contribution in [0, 0.1) is 6.92 Å². The molecular formula is C19H19N3O2S. The molecule has 0 saturated heterocycles. The largest absolute Gasteiger partial charge is 0.497 e. The molecule has 128 valence electrons. The zero-order valence-electron chi connectivity index (χ0n) is 14.2. The van der Waals surface area contributed by atoms with Gasteiger partial charge in [0.1, 0.15) is 5.75 Å². The van der Waals surface area contributed by atoms with Crippen molar-refractivity contribution in [3.05, 3.63) is 59.9 Å². The minimum absolute atomic E-state index is 0.0512. The van der Waals surface area contributed by atoms with Gasteiger partial charge < -0.3 is 10.1 Å². The number of methoxy groups -OCH3 is 1. The lowest BCUT2D eigenvalue weighted by molar-refractivity contribution is -0.113. The summed E-state index contributed by atoms with van der Waals surface area (Å²) in [5.74, 6) is 1.66. The van der Waals surface area contributed by atoms with Crippen molar-refractivity contribution in [2.75, 3.05) is 18.2 Å². The van der Waals surface area contributed by atoms with Gasteiger partial charge in [0.25, 0.3) is 0 Å². The van der Waals surface area contributed by atoms with Crippen LogP contribution in [0.1, 0.15) is 11.4 Å². The molecule has 0 fully saturated rings. The topological polar surface area (TPSA) is 64.1 Å². The number of para-hydroxylation sites is 2. The van der Waals surface area contributed by atoms with Crippen LogP contribution in [0.4, 0.5) is 5.69 Å². The van der Waals surface area contributed by atoms with Crippen molar-refractivity contribution in [2.24, 2.45) is 0 Å². The first-order chi connectivity index (χ1) is 12.2. The molecule has 0 aliphatic rings. The molecule has 0 aliphatic carbocycles. The van der Waals surface area contributed by atoms with Crippen LogP contribution < -0.4 is 10.1 Å². The third-order valence-electron chi connectivity index (χ3n) is 3.67. The van der Waals surface area contributed by atoms with Crippen LogP contribution in [-0.2, 0) is 10.5 Å². The van der Waals surface area contributed by atoms with E-state index in [1.165, 1.54) is 11.8 Å². The van der Waals surface area contributed by atoms with Crippen molar-refractivity contribution in [2.45, 2.75) is 12.7 Å². The van der Waals surface area contributed by atoms with Gasteiger partial charge in [0.05, 0.1) is 35.3 Å². The van der Waals surface area contributed by atoms with Gasteiger partial charge in [0.15, 0.2) is 0 Å². The second-order valence-electron chi connectivity index (χ2n) is 5.52. The lowest BCUT2D eigenvalue weighted by Gasteiger charge is -2.08. The van der Waals surface area contributed by atoms with Gasteiger partial charge in [0.2, 0.25) is 5.91 Å². The van der Waals surface area contributed by atoms with E-state index in [9.17, 15) is 4.79 Å². The summed E-state index contributed by atoms with van der Waals surface area (Å²) in [7, 11) is 1.60. The number of aromatic nitrogens is 2. The van der Waals surface area contributed by atoms with Gasteiger partial charge in [-0.3, -0.25) is 4.79 Å². The molecule has 5 nitrogen and oxygen atoms in total. The number of aryl methyl sites for hydroxylation is 1. The third-order valence-corrected chi connectivity index (χ3v) is 4.61. The summed E-state index contributed by atoms with van der Waals surface area (Å²) in [6, 6.07) is 15.1. The van der Waals surface area contributed by atoms with Crippen molar-refractivity contribution in [3.63, 3.8) is 0 Å². The molecule has 0 bridgehead atoms. The Hall–Kier alpha value is -2.60. The van der Waals surface area contributed by atoms with Crippen molar-refractivity contribution in [1.29, 1.82) is 0 Å². The molecule has 0 aliphatic heterocycles. The number of ether oxygens (including phenoxy) is 1. The van der Waals surface area contributed by atoms with Gasteiger partial charge in [-0.1, -0.05) is 18.2 Å². The number of hydrogen-bond donors (Lipinski definition) is 1. The highest BCUT2D eigenvalue weighted by Gasteiger charge is 2.08. The highest BCUT2D eigenvalue weighted by atomic mass is 32.2.